The van der Waals surface area contributed by atoms with Gasteiger partial charge in [0.05, 0.1) is 0 Å². The van der Waals surface area contributed by atoms with Gasteiger partial charge in [-0.15, -0.1) is 0 Å². The first-order valence-electron chi connectivity index (χ1n) is 6.19. The average Bonchev–Trinajstić information content (AvgIpc) is 2.17. The first-order chi connectivity index (χ1) is 7.38. The summed E-state index contributed by atoms with van der Waals surface area (Å²) in [6.07, 6.45) is 2.13. The van der Waals surface area contributed by atoms with Crippen molar-refractivity contribution in [3.8, 4) is 5.75 Å². The number of hydrogen-bond donors (Lipinski definition) is 1. The average molecular weight is 222 g/mol. The van der Waals surface area contributed by atoms with Crippen molar-refractivity contribution < 1.29 is 5.11 Å². The van der Waals surface area contributed by atoms with E-state index in [9.17, 15) is 5.11 Å². The highest BCUT2D eigenvalue weighted by molar-refractivity contribution is 5.43. The van der Waals surface area contributed by atoms with Gasteiger partial charge in [-0.05, 0) is 23.0 Å². The fraction of sp³-hybridized carbons (Fsp3) is 0.600. The van der Waals surface area contributed by atoms with E-state index in [-0.39, 0.29) is 5.41 Å². The van der Waals surface area contributed by atoms with Crippen molar-refractivity contribution in [1.82, 2.24) is 0 Å². The van der Waals surface area contributed by atoms with Gasteiger partial charge in [0.15, 0.2) is 0 Å². The second kappa shape index (κ2) is 6.57. The van der Waals surface area contributed by atoms with Crippen molar-refractivity contribution >= 4 is 0 Å². The largest absolute Gasteiger partial charge is 0.507 e. The molecule has 0 radical (unpaired) electrons. The molecule has 0 fully saturated rings. The maximum absolute atomic E-state index is 9.92. The molecule has 0 atom stereocenters. The highest BCUT2D eigenvalue weighted by Crippen LogP contribution is 2.32. The van der Waals surface area contributed by atoms with Gasteiger partial charge in [0.1, 0.15) is 5.75 Å². The van der Waals surface area contributed by atoms with E-state index < -0.39 is 0 Å². The number of hydrogen-bond acceptors (Lipinski definition) is 1. The Morgan fingerprint density at radius 3 is 1.94 bits per heavy atom. The summed E-state index contributed by atoms with van der Waals surface area (Å²) in [5.41, 5.74) is 2.09. The number of benzene rings is 1. The summed E-state index contributed by atoms with van der Waals surface area (Å²) < 4.78 is 0. The number of para-hydroxylation sites is 1. The Kier molecular flexibility index (Phi) is 6.17. The van der Waals surface area contributed by atoms with Crippen molar-refractivity contribution in [3.63, 3.8) is 0 Å². The summed E-state index contributed by atoms with van der Waals surface area (Å²) in [4.78, 5) is 0. The van der Waals surface area contributed by atoms with Crippen LogP contribution in [0, 0.1) is 0 Å². The fourth-order valence-electron chi connectivity index (χ4n) is 1.48. The van der Waals surface area contributed by atoms with Gasteiger partial charge in [-0.25, -0.2) is 0 Å². The Balaban J connectivity index is 0.000000673. The Morgan fingerprint density at radius 1 is 1.06 bits per heavy atom. The normalized spacial score (nSPS) is 10.6. The molecule has 0 aromatic heterocycles. The van der Waals surface area contributed by atoms with Crippen LogP contribution in [0.4, 0.5) is 0 Å². The summed E-state index contributed by atoms with van der Waals surface area (Å²) in [7, 11) is 0. The Labute approximate surface area is 101 Å². The van der Waals surface area contributed by atoms with Gasteiger partial charge in [-0.3, -0.25) is 0 Å². The van der Waals surface area contributed by atoms with Gasteiger partial charge < -0.3 is 5.11 Å². The highest BCUT2D eigenvalue weighted by atomic mass is 16.3. The summed E-state index contributed by atoms with van der Waals surface area (Å²) >= 11 is 0. The Morgan fingerprint density at radius 2 is 1.56 bits per heavy atom. The predicted octanol–water partition coefficient (Wildman–Crippen LogP) is 4.67. The third-order valence-corrected chi connectivity index (χ3v) is 2.31. The predicted molar refractivity (Wildman–Crippen MR) is 72.1 cm³/mol. The van der Waals surface area contributed by atoms with Crippen molar-refractivity contribution in [2.24, 2.45) is 0 Å². The van der Waals surface area contributed by atoms with Crippen LogP contribution in [0.2, 0.25) is 0 Å². The van der Waals surface area contributed by atoms with Crippen LogP contribution in [0.1, 0.15) is 59.1 Å². The molecule has 0 saturated heterocycles. The SMILES string of the molecule is CCC.CCc1cccc(C(C)(C)C)c1O. The molecule has 1 nitrogen and oxygen atoms in total. The first kappa shape index (κ1) is 15.0. The van der Waals surface area contributed by atoms with Crippen molar-refractivity contribution in [2.45, 2.75) is 59.8 Å². The van der Waals surface area contributed by atoms with Crippen molar-refractivity contribution in [2.75, 3.05) is 0 Å². The summed E-state index contributed by atoms with van der Waals surface area (Å²) in [5.74, 6) is 0.470. The van der Waals surface area contributed by atoms with Crippen LogP contribution < -0.4 is 0 Å². The molecule has 16 heavy (non-hydrogen) atoms. The second-order valence-electron chi connectivity index (χ2n) is 5.12. The number of rotatable bonds is 1. The molecule has 0 bridgehead atoms. The summed E-state index contributed by atoms with van der Waals surface area (Å²) in [5, 5.41) is 9.92. The summed E-state index contributed by atoms with van der Waals surface area (Å²) in [6.45, 7) is 12.6. The van der Waals surface area contributed by atoms with E-state index in [4.69, 9.17) is 0 Å². The van der Waals surface area contributed by atoms with Gasteiger partial charge in [0.2, 0.25) is 0 Å². The van der Waals surface area contributed by atoms with E-state index >= 15 is 0 Å². The molecule has 92 valence electrons. The van der Waals surface area contributed by atoms with Crippen LogP contribution in [-0.4, -0.2) is 5.11 Å². The molecule has 1 rings (SSSR count). The van der Waals surface area contributed by atoms with E-state index in [1.54, 1.807) is 0 Å². The quantitative estimate of drug-likeness (QED) is 0.732. The van der Waals surface area contributed by atoms with Crippen LogP contribution in [0.5, 0.6) is 5.75 Å². The topological polar surface area (TPSA) is 20.2 Å². The molecule has 1 heteroatoms. The first-order valence-corrected chi connectivity index (χ1v) is 6.19. The van der Waals surface area contributed by atoms with Gasteiger partial charge in [-0.2, -0.15) is 0 Å². The molecule has 0 aliphatic carbocycles. The molecule has 1 aromatic carbocycles. The number of aryl methyl sites for hydroxylation is 1. The fourth-order valence-corrected chi connectivity index (χ4v) is 1.48. The molecule has 0 heterocycles. The molecular weight excluding hydrogens is 196 g/mol. The minimum atomic E-state index is 0.0231. The lowest BCUT2D eigenvalue weighted by Gasteiger charge is -2.21. The van der Waals surface area contributed by atoms with E-state index in [1.165, 1.54) is 6.42 Å². The highest BCUT2D eigenvalue weighted by Gasteiger charge is 2.18. The van der Waals surface area contributed by atoms with Crippen LogP contribution in [0.25, 0.3) is 0 Å². The van der Waals surface area contributed by atoms with Gasteiger partial charge in [0, 0.05) is 0 Å². The molecule has 1 N–H and O–H groups in total. The zero-order valence-corrected chi connectivity index (χ0v) is 11.6. The van der Waals surface area contributed by atoms with Gasteiger partial charge in [-0.1, -0.05) is 66.2 Å². The lowest BCUT2D eigenvalue weighted by Crippen LogP contribution is -2.11. The maximum atomic E-state index is 9.92. The van der Waals surface area contributed by atoms with E-state index in [0.29, 0.717) is 5.75 Å². The van der Waals surface area contributed by atoms with Crippen LogP contribution in [0.3, 0.4) is 0 Å². The molecule has 0 spiro atoms. The maximum Gasteiger partial charge on any atom is 0.122 e. The van der Waals surface area contributed by atoms with E-state index in [0.717, 1.165) is 17.5 Å². The molecule has 1 aromatic rings. The number of phenols is 1. The number of phenolic OH excluding ortho intramolecular Hbond substituents is 1. The van der Waals surface area contributed by atoms with Gasteiger partial charge in [0.25, 0.3) is 0 Å². The molecule has 0 unspecified atom stereocenters. The lowest BCUT2D eigenvalue weighted by atomic mass is 9.85. The zero-order chi connectivity index (χ0) is 12.8. The van der Waals surface area contributed by atoms with Crippen LogP contribution >= 0.6 is 0 Å². The third-order valence-electron chi connectivity index (χ3n) is 2.31. The minimum Gasteiger partial charge on any atom is -0.507 e. The smallest absolute Gasteiger partial charge is 0.122 e. The van der Waals surface area contributed by atoms with E-state index in [1.807, 2.05) is 18.2 Å². The van der Waals surface area contributed by atoms with E-state index in [2.05, 4.69) is 41.5 Å². The molecule has 0 saturated carbocycles. The Hall–Kier alpha value is -0.980. The minimum absolute atomic E-state index is 0.0231. The standard InChI is InChI=1S/C12H18O.C3H8/c1-5-9-7-6-8-10(11(9)13)12(2,3)4;1-3-2/h6-8,13H,5H2,1-4H3;3H2,1-2H3. The van der Waals surface area contributed by atoms with Crippen molar-refractivity contribution in [3.05, 3.63) is 29.3 Å². The monoisotopic (exact) mass is 222 g/mol. The van der Waals surface area contributed by atoms with Crippen molar-refractivity contribution in [1.29, 1.82) is 0 Å². The third kappa shape index (κ3) is 4.26. The van der Waals surface area contributed by atoms with Gasteiger partial charge >= 0.3 is 0 Å². The zero-order valence-electron chi connectivity index (χ0n) is 11.6. The van der Waals surface area contributed by atoms with Crippen LogP contribution in [-0.2, 0) is 11.8 Å². The molecule has 0 aliphatic heterocycles. The molecular formula is C15H26O. The molecule has 0 amide bonds. The lowest BCUT2D eigenvalue weighted by molar-refractivity contribution is 0.441. The number of aromatic hydroxyl groups is 1. The Bertz CT molecular complexity index is 308. The summed E-state index contributed by atoms with van der Waals surface area (Å²) in [6, 6.07) is 5.98. The second-order valence-corrected chi connectivity index (χ2v) is 5.12. The van der Waals surface area contributed by atoms with Crippen LogP contribution in [0.15, 0.2) is 18.2 Å². The molecule has 0 aliphatic rings.